The second-order valence-electron chi connectivity index (χ2n) is 7.50. The largest absolute Gasteiger partial charge is 0.416 e. The standard InChI is InChI=1S/C17H25F3N4OSi/c1-12-9-13(17(18,19)20)10-14(23-12)15(21)16-22-5-6-24(16)11-25-7-8-26(2,3)4/h5-6,9-10,15H,7-8,11,21H2,1-4H3. The van der Waals surface area contributed by atoms with Gasteiger partial charge in [-0.1, -0.05) is 19.6 Å². The predicted octanol–water partition coefficient (Wildman–Crippen LogP) is 3.97. The Bertz CT molecular complexity index is 740. The van der Waals surface area contributed by atoms with Crippen molar-refractivity contribution in [1.82, 2.24) is 14.5 Å². The lowest BCUT2D eigenvalue weighted by Gasteiger charge is -2.18. The van der Waals surface area contributed by atoms with Crippen LogP contribution in [0.4, 0.5) is 13.2 Å². The number of halogens is 3. The molecule has 2 heterocycles. The summed E-state index contributed by atoms with van der Waals surface area (Å²) >= 11 is 0. The van der Waals surface area contributed by atoms with E-state index in [0.717, 1.165) is 18.2 Å². The topological polar surface area (TPSA) is 66.0 Å². The molecule has 0 saturated heterocycles. The summed E-state index contributed by atoms with van der Waals surface area (Å²) in [6.45, 7) is 9.18. The third-order valence-electron chi connectivity index (χ3n) is 3.87. The number of hydrogen-bond acceptors (Lipinski definition) is 4. The number of pyridine rings is 1. The molecule has 1 atom stereocenters. The highest BCUT2D eigenvalue weighted by atomic mass is 28.3. The molecule has 144 valence electrons. The van der Waals surface area contributed by atoms with Gasteiger partial charge in [-0.25, -0.2) is 4.98 Å². The van der Waals surface area contributed by atoms with E-state index in [2.05, 4.69) is 29.6 Å². The Hall–Kier alpha value is -1.71. The number of imidazole rings is 1. The Morgan fingerprint density at radius 1 is 1.27 bits per heavy atom. The van der Waals surface area contributed by atoms with E-state index in [0.29, 0.717) is 12.4 Å². The van der Waals surface area contributed by atoms with E-state index in [9.17, 15) is 13.2 Å². The zero-order chi connectivity index (χ0) is 19.5. The highest BCUT2D eigenvalue weighted by Gasteiger charge is 2.32. The molecule has 0 amide bonds. The summed E-state index contributed by atoms with van der Waals surface area (Å²) in [4.78, 5) is 8.35. The maximum Gasteiger partial charge on any atom is 0.416 e. The van der Waals surface area contributed by atoms with Crippen molar-refractivity contribution in [3.63, 3.8) is 0 Å². The number of aryl methyl sites for hydroxylation is 1. The first kappa shape index (κ1) is 20.6. The zero-order valence-electron chi connectivity index (χ0n) is 15.5. The van der Waals surface area contributed by atoms with Crippen molar-refractivity contribution < 1.29 is 17.9 Å². The molecule has 0 aliphatic heterocycles. The molecule has 0 bridgehead atoms. The molecule has 0 aliphatic carbocycles. The Labute approximate surface area is 152 Å². The summed E-state index contributed by atoms with van der Waals surface area (Å²) in [6, 6.07) is 2.13. The first-order chi connectivity index (χ1) is 12.0. The van der Waals surface area contributed by atoms with Crippen molar-refractivity contribution in [1.29, 1.82) is 0 Å². The van der Waals surface area contributed by atoms with Crippen LogP contribution in [0.2, 0.25) is 25.7 Å². The number of nitrogens with zero attached hydrogens (tertiary/aromatic N) is 3. The average molecular weight is 386 g/mol. The summed E-state index contributed by atoms with van der Waals surface area (Å²) in [5, 5.41) is 0. The maximum atomic E-state index is 13.0. The van der Waals surface area contributed by atoms with Crippen molar-refractivity contribution in [2.45, 2.75) is 51.6 Å². The molecule has 0 aliphatic rings. The summed E-state index contributed by atoms with van der Waals surface area (Å²) in [6.07, 6.45) is -1.20. The fourth-order valence-corrected chi connectivity index (χ4v) is 3.16. The van der Waals surface area contributed by atoms with Gasteiger partial charge in [-0.3, -0.25) is 4.98 Å². The summed E-state index contributed by atoms with van der Waals surface area (Å²) in [5.74, 6) is 0.421. The van der Waals surface area contributed by atoms with Crippen molar-refractivity contribution in [2.75, 3.05) is 6.61 Å². The van der Waals surface area contributed by atoms with E-state index >= 15 is 0 Å². The van der Waals surface area contributed by atoms with Gasteiger partial charge < -0.3 is 15.0 Å². The molecule has 2 N–H and O–H groups in total. The smallest absolute Gasteiger partial charge is 0.361 e. The Morgan fingerprint density at radius 3 is 2.58 bits per heavy atom. The van der Waals surface area contributed by atoms with Gasteiger partial charge in [0.25, 0.3) is 0 Å². The average Bonchev–Trinajstić information content (AvgIpc) is 2.97. The summed E-state index contributed by atoms with van der Waals surface area (Å²) < 4.78 is 46.5. The van der Waals surface area contributed by atoms with Crippen molar-refractivity contribution in [3.05, 3.63) is 47.3 Å². The Balaban J connectivity index is 2.15. The molecular weight excluding hydrogens is 361 g/mol. The lowest BCUT2D eigenvalue weighted by molar-refractivity contribution is -0.137. The molecule has 0 fully saturated rings. The van der Waals surface area contributed by atoms with Crippen LogP contribution in [0.1, 0.15) is 28.8 Å². The van der Waals surface area contributed by atoms with Crippen LogP contribution in [0.25, 0.3) is 0 Å². The molecule has 5 nitrogen and oxygen atoms in total. The molecule has 1 unspecified atom stereocenters. The van der Waals surface area contributed by atoms with Gasteiger partial charge in [0.15, 0.2) is 0 Å². The van der Waals surface area contributed by atoms with Gasteiger partial charge in [0.2, 0.25) is 0 Å². The van der Waals surface area contributed by atoms with E-state index in [1.807, 2.05) is 0 Å². The van der Waals surface area contributed by atoms with E-state index < -0.39 is 25.9 Å². The minimum atomic E-state index is -4.45. The van der Waals surface area contributed by atoms with E-state index in [4.69, 9.17) is 10.5 Å². The van der Waals surface area contributed by atoms with Crippen molar-refractivity contribution in [3.8, 4) is 0 Å². The molecule has 2 aromatic heterocycles. The highest BCUT2D eigenvalue weighted by Crippen LogP contribution is 2.31. The van der Waals surface area contributed by atoms with Crippen LogP contribution in [0.3, 0.4) is 0 Å². The van der Waals surface area contributed by atoms with Crippen LogP contribution >= 0.6 is 0 Å². The van der Waals surface area contributed by atoms with Gasteiger partial charge >= 0.3 is 6.18 Å². The van der Waals surface area contributed by atoms with Gasteiger partial charge in [0.1, 0.15) is 18.6 Å². The maximum absolute atomic E-state index is 13.0. The first-order valence-corrected chi connectivity index (χ1v) is 12.1. The highest BCUT2D eigenvalue weighted by molar-refractivity contribution is 6.76. The Morgan fingerprint density at radius 2 is 1.96 bits per heavy atom. The quantitative estimate of drug-likeness (QED) is 0.578. The second-order valence-corrected chi connectivity index (χ2v) is 13.1. The lowest BCUT2D eigenvalue weighted by atomic mass is 10.1. The monoisotopic (exact) mass is 386 g/mol. The third kappa shape index (κ3) is 5.65. The molecule has 0 saturated carbocycles. The molecule has 0 radical (unpaired) electrons. The normalized spacial score (nSPS) is 13.8. The lowest BCUT2D eigenvalue weighted by Crippen LogP contribution is -2.23. The molecule has 0 aromatic carbocycles. The SMILES string of the molecule is Cc1cc(C(F)(F)F)cc(C(N)c2nccn2COCC[Si](C)(C)C)n1. The minimum absolute atomic E-state index is 0.131. The van der Waals surface area contributed by atoms with Crippen LogP contribution in [-0.2, 0) is 17.6 Å². The molecule has 2 aromatic rings. The van der Waals surface area contributed by atoms with Crippen LogP contribution in [-0.4, -0.2) is 29.2 Å². The van der Waals surface area contributed by atoms with Crippen LogP contribution in [0.15, 0.2) is 24.5 Å². The summed E-state index contributed by atoms with van der Waals surface area (Å²) in [5.41, 5.74) is 5.78. The molecule has 26 heavy (non-hydrogen) atoms. The number of alkyl halides is 3. The number of aromatic nitrogens is 3. The molecule has 0 spiro atoms. The number of ether oxygens (including phenoxy) is 1. The first-order valence-electron chi connectivity index (χ1n) is 8.37. The van der Waals surface area contributed by atoms with Crippen molar-refractivity contribution in [2.24, 2.45) is 5.73 Å². The Kier molecular flexibility index (Phi) is 6.25. The number of hydrogen-bond donors (Lipinski definition) is 1. The van der Waals surface area contributed by atoms with Gasteiger partial charge in [0.05, 0.1) is 11.3 Å². The van der Waals surface area contributed by atoms with Gasteiger partial charge in [-0.05, 0) is 25.1 Å². The second kappa shape index (κ2) is 7.89. The van der Waals surface area contributed by atoms with Crippen LogP contribution in [0, 0.1) is 6.92 Å². The zero-order valence-corrected chi connectivity index (χ0v) is 16.5. The van der Waals surface area contributed by atoms with Crippen LogP contribution < -0.4 is 5.73 Å². The fraction of sp³-hybridized carbons (Fsp3) is 0.529. The van der Waals surface area contributed by atoms with Gasteiger partial charge in [0, 0.05) is 32.8 Å². The van der Waals surface area contributed by atoms with Gasteiger partial charge in [-0.2, -0.15) is 13.2 Å². The third-order valence-corrected chi connectivity index (χ3v) is 5.58. The fourth-order valence-electron chi connectivity index (χ4n) is 2.40. The summed E-state index contributed by atoms with van der Waals surface area (Å²) in [7, 11) is -1.19. The molecular formula is C17H25F3N4OSi. The van der Waals surface area contributed by atoms with Crippen LogP contribution in [0.5, 0.6) is 0 Å². The van der Waals surface area contributed by atoms with E-state index in [-0.39, 0.29) is 18.1 Å². The van der Waals surface area contributed by atoms with Gasteiger partial charge in [-0.15, -0.1) is 0 Å². The van der Waals surface area contributed by atoms with Crippen molar-refractivity contribution >= 4 is 8.07 Å². The van der Waals surface area contributed by atoms with E-state index in [1.54, 1.807) is 17.0 Å². The van der Waals surface area contributed by atoms with E-state index in [1.165, 1.54) is 6.92 Å². The number of rotatable bonds is 7. The molecule has 9 heteroatoms. The molecule has 2 rings (SSSR count). The number of nitrogens with two attached hydrogens (primary N) is 1. The predicted molar refractivity (Wildman–Crippen MR) is 96.3 cm³/mol. The minimum Gasteiger partial charge on any atom is -0.361 e.